The van der Waals surface area contributed by atoms with Crippen molar-refractivity contribution in [3.05, 3.63) is 47.7 Å². The molecular weight excluding hydrogens is 389 g/mol. The molecule has 3 aromatic rings. The molecule has 0 spiro atoms. The summed E-state index contributed by atoms with van der Waals surface area (Å²) in [5.74, 6) is 0.640. The number of fused-ring (bicyclic) bond motifs is 1. The van der Waals surface area contributed by atoms with Gasteiger partial charge < -0.3 is 25.5 Å². The summed E-state index contributed by atoms with van der Waals surface area (Å²) in [7, 11) is 0. The Labute approximate surface area is 173 Å². The zero-order chi connectivity index (χ0) is 21.8. The lowest BCUT2D eigenvalue weighted by molar-refractivity contribution is 0.208. The molecule has 2 amide bonds. The predicted octanol–water partition coefficient (Wildman–Crippen LogP) is 3.98. The summed E-state index contributed by atoms with van der Waals surface area (Å²) in [6.07, 6.45) is 2.41. The Morgan fingerprint density at radius 1 is 1.23 bits per heavy atom. The van der Waals surface area contributed by atoms with Gasteiger partial charge in [0, 0.05) is 17.5 Å². The van der Waals surface area contributed by atoms with Crippen LogP contribution < -0.4 is 16.0 Å². The third-order valence-electron chi connectivity index (χ3n) is 4.64. The van der Waals surface area contributed by atoms with Gasteiger partial charge >= 0.3 is 6.03 Å². The van der Waals surface area contributed by atoms with Gasteiger partial charge in [0.2, 0.25) is 5.95 Å². The number of amides is 2. The highest BCUT2D eigenvalue weighted by Gasteiger charge is 2.25. The van der Waals surface area contributed by atoms with E-state index in [1.807, 2.05) is 20.8 Å². The second-order valence-electron chi connectivity index (χ2n) is 7.58. The first-order chi connectivity index (χ1) is 14.2. The van der Waals surface area contributed by atoms with Crippen LogP contribution in [0.25, 0.3) is 11.0 Å². The smallest absolute Gasteiger partial charge is 0.319 e. The number of nitrogens with zero attached hydrogens (tertiary/aromatic N) is 2. The van der Waals surface area contributed by atoms with Crippen LogP contribution in [-0.2, 0) is 0 Å². The van der Waals surface area contributed by atoms with E-state index in [1.54, 1.807) is 13.0 Å². The SMILES string of the molecule is Cc1c([C@@H](NC(=O)Nc2cnc(NC[C@H](C)O)nc2)C(C)C)oc2ccc(F)cc12. The maximum atomic E-state index is 13.6. The van der Waals surface area contributed by atoms with Crippen LogP contribution in [0.1, 0.15) is 38.1 Å². The summed E-state index contributed by atoms with van der Waals surface area (Å²) in [5.41, 5.74) is 1.78. The molecule has 4 N–H and O–H groups in total. The zero-order valence-electron chi connectivity index (χ0n) is 17.4. The number of carbonyl (C=O) groups excluding carboxylic acids is 1. The van der Waals surface area contributed by atoms with Crippen molar-refractivity contribution in [3.63, 3.8) is 0 Å². The summed E-state index contributed by atoms with van der Waals surface area (Å²) >= 11 is 0. The molecule has 2 atom stereocenters. The van der Waals surface area contributed by atoms with E-state index in [1.165, 1.54) is 24.5 Å². The molecule has 2 aromatic heterocycles. The molecule has 3 rings (SSSR count). The van der Waals surface area contributed by atoms with E-state index < -0.39 is 18.2 Å². The Morgan fingerprint density at radius 2 is 1.93 bits per heavy atom. The third kappa shape index (κ3) is 5.04. The molecule has 0 aliphatic rings. The average Bonchev–Trinajstić information content (AvgIpc) is 3.01. The van der Waals surface area contributed by atoms with Gasteiger partial charge in [-0.05, 0) is 38.0 Å². The van der Waals surface area contributed by atoms with E-state index in [9.17, 15) is 14.3 Å². The number of aryl methyl sites for hydroxylation is 1. The fourth-order valence-electron chi connectivity index (χ4n) is 3.07. The molecule has 0 unspecified atom stereocenters. The second kappa shape index (κ2) is 9.08. The second-order valence-corrected chi connectivity index (χ2v) is 7.58. The number of furan rings is 1. The normalized spacial score (nSPS) is 13.3. The van der Waals surface area contributed by atoms with E-state index in [0.29, 0.717) is 34.9 Å². The van der Waals surface area contributed by atoms with Gasteiger partial charge in [-0.1, -0.05) is 13.8 Å². The Kier molecular flexibility index (Phi) is 6.51. The van der Waals surface area contributed by atoms with Crippen molar-refractivity contribution in [1.82, 2.24) is 15.3 Å². The van der Waals surface area contributed by atoms with Crippen molar-refractivity contribution in [3.8, 4) is 0 Å². The van der Waals surface area contributed by atoms with Gasteiger partial charge in [0.1, 0.15) is 17.2 Å². The maximum Gasteiger partial charge on any atom is 0.319 e. The molecule has 1 aromatic carbocycles. The average molecular weight is 415 g/mol. The number of anilines is 2. The highest BCUT2D eigenvalue weighted by molar-refractivity contribution is 5.89. The van der Waals surface area contributed by atoms with Gasteiger partial charge in [-0.3, -0.25) is 0 Å². The largest absolute Gasteiger partial charge is 0.459 e. The number of carbonyl (C=O) groups is 1. The van der Waals surface area contributed by atoms with Gasteiger partial charge in [-0.2, -0.15) is 0 Å². The predicted molar refractivity (Wildman–Crippen MR) is 113 cm³/mol. The fraction of sp³-hybridized carbons (Fsp3) is 0.381. The number of urea groups is 1. The molecule has 160 valence electrons. The molecule has 0 saturated heterocycles. The van der Waals surface area contributed by atoms with Crippen molar-refractivity contribution in [2.24, 2.45) is 5.92 Å². The first kappa shape index (κ1) is 21.5. The minimum atomic E-state index is -0.525. The van der Waals surface area contributed by atoms with E-state index in [4.69, 9.17) is 4.42 Å². The Hall–Kier alpha value is -3.20. The van der Waals surface area contributed by atoms with Crippen LogP contribution >= 0.6 is 0 Å². The number of hydrogen-bond acceptors (Lipinski definition) is 6. The van der Waals surface area contributed by atoms with Crippen molar-refractivity contribution >= 4 is 28.6 Å². The van der Waals surface area contributed by atoms with Crippen LogP contribution in [0.4, 0.5) is 20.8 Å². The first-order valence-electron chi connectivity index (χ1n) is 9.74. The van der Waals surface area contributed by atoms with Crippen molar-refractivity contribution in [1.29, 1.82) is 0 Å². The number of benzene rings is 1. The quantitative estimate of drug-likeness (QED) is 0.464. The standard InChI is InChI=1S/C21H26FN5O3/c1-11(2)18(19-13(4)16-7-14(22)5-6-17(16)30-19)27-21(29)26-15-9-24-20(25-10-15)23-8-12(3)28/h5-7,9-12,18,28H,8H2,1-4H3,(H,23,24,25)(H2,26,27,29)/t12-,18-/m0/s1. The third-order valence-corrected chi connectivity index (χ3v) is 4.64. The summed E-state index contributed by atoms with van der Waals surface area (Å²) in [4.78, 5) is 20.7. The van der Waals surface area contributed by atoms with Gasteiger partial charge in [0.05, 0.1) is 30.2 Å². The Balaban J connectivity index is 1.71. The Morgan fingerprint density at radius 3 is 2.57 bits per heavy atom. The van der Waals surface area contributed by atoms with E-state index in [2.05, 4.69) is 25.9 Å². The van der Waals surface area contributed by atoms with Gasteiger partial charge in [0.25, 0.3) is 0 Å². The molecule has 0 saturated carbocycles. The lowest BCUT2D eigenvalue weighted by Gasteiger charge is -2.21. The van der Waals surface area contributed by atoms with E-state index in [0.717, 1.165) is 5.56 Å². The highest BCUT2D eigenvalue weighted by Crippen LogP contribution is 2.33. The summed E-state index contributed by atoms with van der Waals surface area (Å²) in [5, 5.41) is 18.5. The minimum Gasteiger partial charge on any atom is -0.459 e. The number of aliphatic hydroxyl groups is 1. The molecule has 30 heavy (non-hydrogen) atoms. The number of hydrogen-bond donors (Lipinski definition) is 4. The van der Waals surface area contributed by atoms with Gasteiger partial charge in [-0.15, -0.1) is 0 Å². The Bertz CT molecular complexity index is 1020. The number of nitrogens with one attached hydrogen (secondary N) is 3. The minimum absolute atomic E-state index is 0.0307. The van der Waals surface area contributed by atoms with E-state index >= 15 is 0 Å². The number of halogens is 1. The monoisotopic (exact) mass is 415 g/mol. The number of aliphatic hydroxyl groups excluding tert-OH is 1. The first-order valence-corrected chi connectivity index (χ1v) is 9.74. The summed E-state index contributed by atoms with van der Waals surface area (Å²) < 4.78 is 19.5. The molecule has 0 radical (unpaired) electrons. The lowest BCUT2D eigenvalue weighted by Crippen LogP contribution is -2.35. The van der Waals surface area contributed by atoms with Crippen molar-refractivity contribution < 1.29 is 18.7 Å². The molecule has 0 aliphatic heterocycles. The molecule has 9 heteroatoms. The van der Waals surface area contributed by atoms with Gasteiger partial charge in [-0.25, -0.2) is 19.2 Å². The van der Waals surface area contributed by atoms with E-state index in [-0.39, 0.29) is 11.7 Å². The van der Waals surface area contributed by atoms with Crippen molar-refractivity contribution in [2.75, 3.05) is 17.2 Å². The van der Waals surface area contributed by atoms with Crippen molar-refractivity contribution in [2.45, 2.75) is 39.8 Å². The van der Waals surface area contributed by atoms with Crippen LogP contribution in [0.3, 0.4) is 0 Å². The van der Waals surface area contributed by atoms with Crippen LogP contribution in [0, 0.1) is 18.7 Å². The van der Waals surface area contributed by atoms with Crippen LogP contribution in [0.2, 0.25) is 0 Å². The molecule has 0 aliphatic carbocycles. The van der Waals surface area contributed by atoms with Crippen LogP contribution in [0.5, 0.6) is 0 Å². The number of aromatic nitrogens is 2. The summed E-state index contributed by atoms with van der Waals surface area (Å²) in [6, 6.07) is 3.52. The maximum absolute atomic E-state index is 13.6. The molecular formula is C21H26FN5O3. The topological polar surface area (TPSA) is 112 Å². The summed E-state index contributed by atoms with van der Waals surface area (Å²) in [6.45, 7) is 7.75. The van der Waals surface area contributed by atoms with Gasteiger partial charge in [0.15, 0.2) is 0 Å². The fourth-order valence-corrected chi connectivity index (χ4v) is 3.07. The zero-order valence-corrected chi connectivity index (χ0v) is 17.4. The molecule has 2 heterocycles. The lowest BCUT2D eigenvalue weighted by atomic mass is 9.98. The molecule has 0 fully saturated rings. The van der Waals surface area contributed by atoms with Crippen LogP contribution in [0.15, 0.2) is 35.0 Å². The highest BCUT2D eigenvalue weighted by atomic mass is 19.1. The molecule has 8 nitrogen and oxygen atoms in total. The molecule has 0 bridgehead atoms. The number of rotatable bonds is 7. The van der Waals surface area contributed by atoms with Crippen LogP contribution in [-0.4, -0.2) is 33.8 Å².